The van der Waals surface area contributed by atoms with E-state index in [0.29, 0.717) is 12.0 Å². The Bertz CT molecular complexity index is 791. The first-order valence-electron chi connectivity index (χ1n) is 8.44. The van der Waals surface area contributed by atoms with Gasteiger partial charge in [0.2, 0.25) is 0 Å². The third-order valence-electron chi connectivity index (χ3n) is 4.05. The average Bonchev–Trinajstić information content (AvgIpc) is 2.54. The highest BCUT2D eigenvalue weighted by Gasteiger charge is 2.39. The first-order valence-corrected chi connectivity index (χ1v) is 9.20. The molecule has 1 nitrogen and oxygen atoms in total. The Morgan fingerprint density at radius 2 is 1.67 bits per heavy atom. The van der Waals surface area contributed by atoms with Crippen LogP contribution in [0.1, 0.15) is 42.4 Å². The van der Waals surface area contributed by atoms with Crippen molar-refractivity contribution >= 4 is 35.1 Å². The predicted octanol–water partition coefficient (Wildman–Crippen LogP) is 7.26. The largest absolute Gasteiger partial charge is 0.399 e. The molecule has 0 radical (unpaired) electrons. The van der Waals surface area contributed by atoms with Crippen LogP contribution >= 0.6 is 23.2 Å². The van der Waals surface area contributed by atoms with Gasteiger partial charge in [-0.1, -0.05) is 59.6 Å². The lowest BCUT2D eigenvalue weighted by Gasteiger charge is -2.18. The van der Waals surface area contributed by atoms with Gasteiger partial charge in [0.15, 0.2) is 0 Å². The number of benzene rings is 2. The molecule has 1 atom stereocenters. The fourth-order valence-electron chi connectivity index (χ4n) is 2.71. The van der Waals surface area contributed by atoms with Crippen LogP contribution in [-0.4, -0.2) is 12.0 Å². The number of halogens is 5. The minimum Gasteiger partial charge on any atom is -0.300 e. The summed E-state index contributed by atoms with van der Waals surface area (Å²) in [5.74, 6) is -1.65. The van der Waals surface area contributed by atoms with E-state index >= 15 is 0 Å². The molecule has 2 aromatic rings. The van der Waals surface area contributed by atoms with Gasteiger partial charge in [-0.05, 0) is 54.7 Å². The van der Waals surface area contributed by atoms with Crippen LogP contribution in [0, 0.1) is 0 Å². The smallest absolute Gasteiger partial charge is 0.300 e. The molecule has 0 N–H and O–H groups in total. The van der Waals surface area contributed by atoms with E-state index in [9.17, 15) is 18.0 Å². The van der Waals surface area contributed by atoms with Crippen LogP contribution < -0.4 is 0 Å². The summed E-state index contributed by atoms with van der Waals surface area (Å²) in [4.78, 5) is 11.0. The molecule has 0 aliphatic carbocycles. The molecule has 0 amide bonds. The van der Waals surface area contributed by atoms with Crippen molar-refractivity contribution in [2.75, 3.05) is 0 Å². The minimum absolute atomic E-state index is 0.00268. The fourth-order valence-corrected chi connectivity index (χ4v) is 3.25. The Morgan fingerprint density at radius 3 is 2.19 bits per heavy atom. The van der Waals surface area contributed by atoms with Gasteiger partial charge in [0.05, 0.1) is 5.92 Å². The second kappa shape index (κ2) is 9.43. The molecular formula is C21H19Cl2F3O. The molecule has 0 saturated carbocycles. The Balaban J connectivity index is 2.15. The molecule has 0 spiro atoms. The Labute approximate surface area is 166 Å². The molecule has 0 saturated heterocycles. The van der Waals surface area contributed by atoms with E-state index in [-0.39, 0.29) is 21.4 Å². The first-order chi connectivity index (χ1) is 12.6. The zero-order chi connectivity index (χ0) is 20.0. The number of carbonyl (C=O) groups excluding carboxylic acids is 1. The van der Waals surface area contributed by atoms with Crippen LogP contribution in [0.3, 0.4) is 0 Å². The van der Waals surface area contributed by atoms with Gasteiger partial charge >= 0.3 is 6.18 Å². The molecule has 2 rings (SSSR count). The topological polar surface area (TPSA) is 17.1 Å². The van der Waals surface area contributed by atoms with Crippen molar-refractivity contribution in [3.05, 3.63) is 75.3 Å². The van der Waals surface area contributed by atoms with E-state index in [4.69, 9.17) is 23.2 Å². The number of rotatable bonds is 7. The molecule has 6 heteroatoms. The molecule has 2 aromatic carbocycles. The first kappa shape index (κ1) is 21.5. The summed E-state index contributed by atoms with van der Waals surface area (Å²) in [5, 5.41) is 0.324. The summed E-state index contributed by atoms with van der Waals surface area (Å²) < 4.78 is 40.4. The Morgan fingerprint density at radius 1 is 1.07 bits per heavy atom. The highest BCUT2D eigenvalue weighted by atomic mass is 35.5. The molecule has 144 valence electrons. The molecule has 0 aliphatic rings. The second-order valence-electron chi connectivity index (χ2n) is 6.38. The number of carbonyl (C=O) groups is 1. The zero-order valence-corrected chi connectivity index (χ0v) is 16.2. The van der Waals surface area contributed by atoms with Gasteiger partial charge in [-0.2, -0.15) is 13.2 Å². The van der Waals surface area contributed by atoms with E-state index in [1.165, 1.54) is 24.3 Å². The van der Waals surface area contributed by atoms with E-state index < -0.39 is 12.1 Å². The van der Waals surface area contributed by atoms with Crippen LogP contribution in [0.25, 0.3) is 6.08 Å². The van der Waals surface area contributed by atoms with E-state index in [1.807, 2.05) is 12.1 Å². The highest BCUT2D eigenvalue weighted by Crippen LogP contribution is 2.38. The number of alkyl halides is 3. The quantitative estimate of drug-likeness (QED) is 0.465. The van der Waals surface area contributed by atoms with Crippen LogP contribution in [0.5, 0.6) is 0 Å². The maximum absolute atomic E-state index is 13.5. The molecule has 0 bridgehead atoms. The SMILES string of the molecule is CC(=O)CCCc1ccc(/C=C/C(c2cc(Cl)cc(Cl)c2)C(F)(F)F)cc1. The van der Waals surface area contributed by atoms with E-state index in [1.54, 1.807) is 19.1 Å². The van der Waals surface area contributed by atoms with Gasteiger partial charge in [0.1, 0.15) is 5.78 Å². The normalized spacial score (nSPS) is 13.1. The Kier molecular flexibility index (Phi) is 7.51. The molecular weight excluding hydrogens is 396 g/mol. The minimum atomic E-state index is -4.46. The van der Waals surface area contributed by atoms with Crippen LogP contribution in [-0.2, 0) is 11.2 Å². The standard InChI is InChI=1S/C21H19Cl2F3O/c1-14(27)3-2-4-15-5-7-16(8-6-15)9-10-20(21(24,25)26)17-11-18(22)13-19(23)12-17/h5-13,20H,2-4H2,1H3/b10-9+. The molecule has 0 aliphatic heterocycles. The van der Waals surface area contributed by atoms with Crippen LogP contribution in [0.15, 0.2) is 48.5 Å². The predicted molar refractivity (Wildman–Crippen MR) is 104 cm³/mol. The average molecular weight is 415 g/mol. The van der Waals surface area contributed by atoms with Crippen molar-refractivity contribution < 1.29 is 18.0 Å². The van der Waals surface area contributed by atoms with Gasteiger partial charge < -0.3 is 4.79 Å². The van der Waals surface area contributed by atoms with Crippen molar-refractivity contribution in [3.63, 3.8) is 0 Å². The van der Waals surface area contributed by atoms with Crippen molar-refractivity contribution in [1.82, 2.24) is 0 Å². The molecule has 27 heavy (non-hydrogen) atoms. The lowest BCUT2D eigenvalue weighted by Crippen LogP contribution is -2.18. The summed E-state index contributed by atoms with van der Waals surface area (Å²) in [6.07, 6.45) is 0.124. The lowest BCUT2D eigenvalue weighted by atomic mass is 9.96. The molecule has 1 unspecified atom stereocenters. The number of aryl methyl sites for hydroxylation is 1. The summed E-state index contributed by atoms with van der Waals surface area (Å²) in [7, 11) is 0. The highest BCUT2D eigenvalue weighted by molar-refractivity contribution is 6.34. The number of hydrogen-bond acceptors (Lipinski definition) is 1. The van der Waals surface area contributed by atoms with E-state index in [2.05, 4.69) is 0 Å². The van der Waals surface area contributed by atoms with Gasteiger partial charge in [-0.25, -0.2) is 0 Å². The second-order valence-corrected chi connectivity index (χ2v) is 7.25. The van der Waals surface area contributed by atoms with Crippen molar-refractivity contribution in [1.29, 1.82) is 0 Å². The van der Waals surface area contributed by atoms with Crippen LogP contribution in [0.4, 0.5) is 13.2 Å². The fraction of sp³-hybridized carbons (Fsp3) is 0.286. The van der Waals surface area contributed by atoms with Gasteiger partial charge in [-0.15, -0.1) is 0 Å². The number of ketones is 1. The van der Waals surface area contributed by atoms with Crippen molar-refractivity contribution in [2.45, 2.75) is 38.3 Å². The number of hydrogen-bond donors (Lipinski definition) is 0. The lowest BCUT2D eigenvalue weighted by molar-refractivity contribution is -0.139. The third-order valence-corrected chi connectivity index (χ3v) is 4.49. The maximum Gasteiger partial charge on any atom is 0.399 e. The molecule has 0 aromatic heterocycles. The monoisotopic (exact) mass is 414 g/mol. The Hall–Kier alpha value is -1.78. The van der Waals surface area contributed by atoms with Crippen molar-refractivity contribution in [3.8, 4) is 0 Å². The summed E-state index contributed by atoms with van der Waals surface area (Å²) in [5.41, 5.74) is 1.70. The van der Waals surface area contributed by atoms with Gasteiger partial charge in [-0.3, -0.25) is 0 Å². The summed E-state index contributed by atoms with van der Waals surface area (Å²) >= 11 is 11.7. The third kappa shape index (κ3) is 7.04. The number of allylic oxidation sites excluding steroid dienone is 1. The molecule has 0 fully saturated rings. The summed E-state index contributed by atoms with van der Waals surface area (Å²) in [6, 6.07) is 11.2. The van der Waals surface area contributed by atoms with Gasteiger partial charge in [0, 0.05) is 16.5 Å². The number of Topliss-reactive ketones (excluding diaryl/α,β-unsaturated/α-hetero) is 1. The zero-order valence-electron chi connectivity index (χ0n) is 14.7. The van der Waals surface area contributed by atoms with E-state index in [0.717, 1.165) is 24.5 Å². The van der Waals surface area contributed by atoms with Crippen molar-refractivity contribution in [2.24, 2.45) is 0 Å². The van der Waals surface area contributed by atoms with Gasteiger partial charge in [0.25, 0.3) is 0 Å². The molecule has 0 heterocycles. The maximum atomic E-state index is 13.5. The summed E-state index contributed by atoms with van der Waals surface area (Å²) in [6.45, 7) is 1.55. The van der Waals surface area contributed by atoms with Crippen LogP contribution in [0.2, 0.25) is 10.0 Å².